The average Bonchev–Trinajstić information content (AvgIpc) is 2.84. The predicted octanol–water partition coefficient (Wildman–Crippen LogP) is 6.00. The van der Waals surface area contributed by atoms with Crippen LogP contribution in [-0.2, 0) is 6.54 Å². The molecule has 1 fully saturated rings. The Hall–Kier alpha value is -2.01. The molecule has 2 aliphatic heterocycles. The molecule has 1 saturated heterocycles. The third kappa shape index (κ3) is 4.16. The maximum Gasteiger partial charge on any atom is 0.232 e. The summed E-state index contributed by atoms with van der Waals surface area (Å²) in [6.07, 6.45) is 6.44. The van der Waals surface area contributed by atoms with Gasteiger partial charge in [0.2, 0.25) is 5.78 Å². The van der Waals surface area contributed by atoms with Crippen LogP contribution in [0.25, 0.3) is 6.08 Å². The van der Waals surface area contributed by atoms with Gasteiger partial charge in [-0.15, -0.1) is 0 Å². The van der Waals surface area contributed by atoms with Crippen LogP contribution >= 0.6 is 23.2 Å². The number of carbonyl (C=O) groups is 1. The minimum Gasteiger partial charge on any atom is -0.507 e. The number of aromatic hydroxyl groups is 1. The highest BCUT2D eigenvalue weighted by Gasteiger charge is 2.33. The number of phenols is 1. The zero-order chi connectivity index (χ0) is 20.5. The lowest BCUT2D eigenvalue weighted by molar-refractivity contribution is 0.101. The Balaban J connectivity index is 1.69. The van der Waals surface area contributed by atoms with Gasteiger partial charge in [0, 0.05) is 6.54 Å². The molecule has 2 aromatic rings. The first-order valence-corrected chi connectivity index (χ1v) is 10.7. The Morgan fingerprint density at radius 3 is 2.52 bits per heavy atom. The molecule has 2 aromatic carbocycles. The monoisotopic (exact) mass is 431 g/mol. The highest BCUT2D eigenvalue weighted by molar-refractivity contribution is 6.42. The van der Waals surface area contributed by atoms with Gasteiger partial charge in [-0.3, -0.25) is 9.69 Å². The number of halogens is 2. The minimum atomic E-state index is -0.180. The van der Waals surface area contributed by atoms with Crippen molar-refractivity contribution in [2.45, 2.75) is 39.2 Å². The van der Waals surface area contributed by atoms with Gasteiger partial charge in [-0.2, -0.15) is 0 Å². The third-order valence-corrected chi connectivity index (χ3v) is 6.28. The molecule has 0 atom stereocenters. The van der Waals surface area contributed by atoms with Crippen LogP contribution in [0.15, 0.2) is 30.0 Å². The van der Waals surface area contributed by atoms with Crippen molar-refractivity contribution < 1.29 is 14.6 Å². The van der Waals surface area contributed by atoms with Gasteiger partial charge in [0.1, 0.15) is 11.5 Å². The predicted molar refractivity (Wildman–Crippen MR) is 116 cm³/mol. The third-order valence-electron chi connectivity index (χ3n) is 5.54. The van der Waals surface area contributed by atoms with Gasteiger partial charge in [-0.05, 0) is 68.3 Å². The topological polar surface area (TPSA) is 49.8 Å². The van der Waals surface area contributed by atoms with Crippen LogP contribution in [0.5, 0.6) is 11.5 Å². The Morgan fingerprint density at radius 1 is 1.10 bits per heavy atom. The summed E-state index contributed by atoms with van der Waals surface area (Å²) < 4.78 is 6.01. The van der Waals surface area contributed by atoms with Crippen LogP contribution in [0.2, 0.25) is 10.0 Å². The summed E-state index contributed by atoms with van der Waals surface area (Å²) in [5, 5.41) is 11.5. The summed E-state index contributed by atoms with van der Waals surface area (Å²) in [5.41, 5.74) is 2.64. The molecule has 0 bridgehead atoms. The molecule has 0 saturated carbocycles. The molecule has 6 heteroatoms. The lowest BCUT2D eigenvalue weighted by Crippen LogP contribution is -2.24. The normalized spacial score (nSPS) is 18.6. The van der Waals surface area contributed by atoms with E-state index in [-0.39, 0.29) is 17.3 Å². The second kappa shape index (κ2) is 8.39. The molecule has 4 rings (SSSR count). The van der Waals surface area contributed by atoms with E-state index >= 15 is 0 Å². The number of benzene rings is 2. The van der Waals surface area contributed by atoms with E-state index in [9.17, 15) is 9.90 Å². The smallest absolute Gasteiger partial charge is 0.232 e. The lowest BCUT2D eigenvalue weighted by Gasteiger charge is -2.22. The van der Waals surface area contributed by atoms with Crippen LogP contribution < -0.4 is 4.74 Å². The first-order valence-electron chi connectivity index (χ1n) is 9.91. The van der Waals surface area contributed by atoms with Crippen molar-refractivity contribution in [2.24, 2.45) is 0 Å². The number of rotatable bonds is 3. The summed E-state index contributed by atoms with van der Waals surface area (Å²) in [7, 11) is 0. The minimum absolute atomic E-state index is 0.175. The van der Waals surface area contributed by atoms with Crippen LogP contribution in [0.1, 0.15) is 52.7 Å². The number of fused-ring (bicyclic) bond motifs is 1. The summed E-state index contributed by atoms with van der Waals surface area (Å²) in [4.78, 5) is 15.4. The Labute approximate surface area is 180 Å². The van der Waals surface area contributed by atoms with Crippen LogP contribution in [0.3, 0.4) is 0 Å². The molecule has 0 aliphatic carbocycles. The fourth-order valence-electron chi connectivity index (χ4n) is 4.00. The molecule has 2 aliphatic rings. The van der Waals surface area contributed by atoms with E-state index in [4.69, 9.17) is 27.9 Å². The number of hydrogen-bond donors (Lipinski definition) is 1. The highest BCUT2D eigenvalue weighted by atomic mass is 35.5. The quantitative estimate of drug-likeness (QED) is 0.605. The second-order valence-corrected chi connectivity index (χ2v) is 8.51. The number of Topliss-reactive ketones (excluding diaryl/α,β-unsaturated/α-hetero) is 1. The summed E-state index contributed by atoms with van der Waals surface area (Å²) >= 11 is 12.1. The van der Waals surface area contributed by atoms with Gasteiger partial charge >= 0.3 is 0 Å². The molecule has 0 radical (unpaired) electrons. The standard InChI is InChI=1S/C23H23Cl2NO3/c1-14-10-19(27)16(13-26-8-4-2-3-5-9-26)23-21(14)22(28)20(29-23)12-15-6-7-17(24)18(25)11-15/h6-7,10-12,27H,2-5,8-9,13H2,1H3/b20-12-. The number of hydrogen-bond acceptors (Lipinski definition) is 4. The summed E-state index contributed by atoms with van der Waals surface area (Å²) in [5.74, 6) is 0.696. The number of allylic oxidation sites excluding steroid dienone is 1. The van der Waals surface area contributed by atoms with E-state index in [1.165, 1.54) is 12.8 Å². The molecule has 1 N–H and O–H groups in total. The van der Waals surface area contributed by atoms with Crippen molar-refractivity contribution in [3.05, 3.63) is 62.3 Å². The Kier molecular flexibility index (Phi) is 5.86. The summed E-state index contributed by atoms with van der Waals surface area (Å²) in [6.45, 7) is 4.36. The second-order valence-electron chi connectivity index (χ2n) is 7.70. The zero-order valence-electron chi connectivity index (χ0n) is 16.3. The maximum atomic E-state index is 13.0. The molecule has 0 aromatic heterocycles. The molecule has 0 amide bonds. The van der Waals surface area contributed by atoms with Crippen molar-refractivity contribution in [3.63, 3.8) is 0 Å². The molecule has 152 valence electrons. The fraction of sp³-hybridized carbons (Fsp3) is 0.348. The number of ketones is 1. The Morgan fingerprint density at radius 2 is 1.83 bits per heavy atom. The average molecular weight is 432 g/mol. The van der Waals surface area contributed by atoms with Crippen LogP contribution in [0, 0.1) is 6.92 Å². The number of carbonyl (C=O) groups excluding carboxylic acids is 1. The first-order chi connectivity index (χ1) is 13.9. The summed E-state index contributed by atoms with van der Waals surface area (Å²) in [6, 6.07) is 6.82. The number of ether oxygens (including phenoxy) is 1. The van der Waals surface area contributed by atoms with E-state index in [1.807, 2.05) is 6.92 Å². The molecule has 0 unspecified atom stereocenters. The van der Waals surface area contributed by atoms with Gasteiger partial charge in [0.25, 0.3) is 0 Å². The molecule has 4 nitrogen and oxygen atoms in total. The molecule has 29 heavy (non-hydrogen) atoms. The number of nitrogens with zero attached hydrogens (tertiary/aromatic N) is 1. The van der Waals surface area contributed by atoms with E-state index in [1.54, 1.807) is 30.3 Å². The zero-order valence-corrected chi connectivity index (χ0v) is 17.8. The van der Waals surface area contributed by atoms with Gasteiger partial charge in [-0.1, -0.05) is 42.1 Å². The van der Waals surface area contributed by atoms with Crippen molar-refractivity contribution in [1.82, 2.24) is 4.90 Å². The SMILES string of the molecule is Cc1cc(O)c(CN2CCCCCC2)c2c1C(=O)/C(=C/c1ccc(Cl)c(Cl)c1)O2. The maximum absolute atomic E-state index is 13.0. The van der Waals surface area contributed by atoms with Crippen molar-refractivity contribution in [2.75, 3.05) is 13.1 Å². The fourth-order valence-corrected chi connectivity index (χ4v) is 4.31. The largest absolute Gasteiger partial charge is 0.507 e. The first kappa shape index (κ1) is 20.3. The van der Waals surface area contributed by atoms with Crippen molar-refractivity contribution in [1.29, 1.82) is 0 Å². The van der Waals surface area contributed by atoms with Crippen LogP contribution in [0.4, 0.5) is 0 Å². The van der Waals surface area contributed by atoms with Gasteiger partial charge in [-0.25, -0.2) is 0 Å². The molecule has 2 heterocycles. The highest BCUT2D eigenvalue weighted by Crippen LogP contribution is 2.42. The molecule has 0 spiro atoms. The molecular formula is C23H23Cl2NO3. The number of likely N-dealkylation sites (tertiary alicyclic amines) is 1. The van der Waals surface area contributed by atoms with Gasteiger partial charge < -0.3 is 9.84 Å². The van der Waals surface area contributed by atoms with Crippen LogP contribution in [-0.4, -0.2) is 28.9 Å². The van der Waals surface area contributed by atoms with Gasteiger partial charge in [0.15, 0.2) is 5.76 Å². The number of aryl methyl sites for hydroxylation is 1. The Bertz CT molecular complexity index is 992. The molecular weight excluding hydrogens is 409 g/mol. The lowest BCUT2D eigenvalue weighted by atomic mass is 9.99. The van der Waals surface area contributed by atoms with E-state index in [2.05, 4.69) is 4.90 Å². The van der Waals surface area contributed by atoms with Gasteiger partial charge in [0.05, 0.1) is 21.2 Å². The van der Waals surface area contributed by atoms with Crippen molar-refractivity contribution >= 4 is 35.1 Å². The van der Waals surface area contributed by atoms with E-state index in [0.717, 1.165) is 31.5 Å². The van der Waals surface area contributed by atoms with E-state index in [0.29, 0.717) is 39.0 Å². The van der Waals surface area contributed by atoms with Crippen molar-refractivity contribution in [3.8, 4) is 11.5 Å². The number of phenolic OH excluding ortho intramolecular Hbond substituents is 1. The van der Waals surface area contributed by atoms with E-state index < -0.39 is 0 Å².